The topological polar surface area (TPSA) is 63.5 Å². The molecule has 1 aromatic rings. The minimum atomic E-state index is -4.48. The lowest BCUT2D eigenvalue weighted by molar-refractivity contribution is -0.142. The third kappa shape index (κ3) is 7.86. The van der Waals surface area contributed by atoms with Crippen LogP contribution in [-0.4, -0.2) is 42.5 Å². The van der Waals surface area contributed by atoms with Gasteiger partial charge in [-0.25, -0.2) is 4.99 Å². The molecule has 1 rings (SSSR count). The molecule has 0 bridgehead atoms. The Hall–Kier alpha value is -1.04. The van der Waals surface area contributed by atoms with Crippen molar-refractivity contribution < 1.29 is 17.9 Å². The molecule has 0 aliphatic carbocycles. The first-order chi connectivity index (χ1) is 10.4. The normalized spacial score (nSPS) is 12.0. The molecule has 0 aromatic carbocycles. The van der Waals surface area contributed by atoms with Crippen molar-refractivity contribution in [2.24, 2.45) is 12.0 Å². The molecule has 1 heterocycles. The van der Waals surface area contributed by atoms with Gasteiger partial charge < -0.3 is 15.4 Å². The quantitative estimate of drug-likeness (QED) is 0.290. The van der Waals surface area contributed by atoms with Crippen LogP contribution in [0, 0.1) is 0 Å². The summed E-state index contributed by atoms with van der Waals surface area (Å²) in [4.78, 5) is 4.17. The molecule has 0 unspecified atom stereocenters. The number of guanidine groups is 1. The lowest BCUT2D eigenvalue weighted by Gasteiger charge is -2.11. The standard InChI is InChI=1S/C13H22F3N5O.HI/c1-4-17-12(18-6-5-7-22-3)19-8-10-9-21(2)20-11(10)13(14,15)16;/h9H,4-8H2,1-3H3,(H2,17,18,19);1H. The summed E-state index contributed by atoms with van der Waals surface area (Å²) in [6, 6.07) is 0. The van der Waals surface area contributed by atoms with Gasteiger partial charge in [0.05, 0.1) is 6.54 Å². The first-order valence-corrected chi connectivity index (χ1v) is 6.99. The summed E-state index contributed by atoms with van der Waals surface area (Å²) in [5, 5.41) is 9.48. The summed E-state index contributed by atoms with van der Waals surface area (Å²) < 4.78 is 44.6. The van der Waals surface area contributed by atoms with Gasteiger partial charge >= 0.3 is 6.18 Å². The van der Waals surface area contributed by atoms with Crippen molar-refractivity contribution in [1.82, 2.24) is 20.4 Å². The Labute approximate surface area is 150 Å². The predicted octanol–water partition coefficient (Wildman–Crippen LogP) is 2.15. The van der Waals surface area contributed by atoms with E-state index in [4.69, 9.17) is 4.74 Å². The van der Waals surface area contributed by atoms with Crippen molar-refractivity contribution in [3.63, 3.8) is 0 Å². The third-order valence-electron chi connectivity index (χ3n) is 2.74. The smallest absolute Gasteiger partial charge is 0.385 e. The van der Waals surface area contributed by atoms with Crippen LogP contribution in [0.4, 0.5) is 13.2 Å². The summed E-state index contributed by atoms with van der Waals surface area (Å²) in [5.41, 5.74) is -0.849. The molecule has 2 N–H and O–H groups in total. The number of aromatic nitrogens is 2. The van der Waals surface area contributed by atoms with Gasteiger partial charge in [-0.1, -0.05) is 0 Å². The van der Waals surface area contributed by atoms with Gasteiger partial charge in [0.15, 0.2) is 11.7 Å². The first-order valence-electron chi connectivity index (χ1n) is 6.99. The van der Waals surface area contributed by atoms with Crippen LogP contribution in [0.25, 0.3) is 0 Å². The van der Waals surface area contributed by atoms with E-state index in [9.17, 15) is 13.2 Å². The molecular weight excluding hydrogens is 426 g/mol. The largest absolute Gasteiger partial charge is 0.435 e. The molecular formula is C13H23F3IN5O. The van der Waals surface area contributed by atoms with Gasteiger partial charge in [0, 0.05) is 45.6 Å². The Morgan fingerprint density at radius 3 is 2.65 bits per heavy atom. The monoisotopic (exact) mass is 449 g/mol. The van der Waals surface area contributed by atoms with Gasteiger partial charge in [0.25, 0.3) is 0 Å². The summed E-state index contributed by atoms with van der Waals surface area (Å²) in [6.45, 7) is 3.64. The van der Waals surface area contributed by atoms with Gasteiger partial charge in [-0.15, -0.1) is 24.0 Å². The van der Waals surface area contributed by atoms with E-state index >= 15 is 0 Å². The Balaban J connectivity index is 0.00000484. The Kier molecular flexibility index (Phi) is 10.2. The van der Waals surface area contributed by atoms with Crippen molar-refractivity contribution in [2.75, 3.05) is 26.8 Å². The Morgan fingerprint density at radius 2 is 2.09 bits per heavy atom. The highest BCUT2D eigenvalue weighted by Gasteiger charge is 2.36. The molecule has 0 amide bonds. The van der Waals surface area contributed by atoms with Crippen LogP contribution in [-0.2, 0) is 24.5 Å². The number of rotatable bonds is 7. The second kappa shape index (κ2) is 10.7. The van der Waals surface area contributed by atoms with Crippen LogP contribution in [0.1, 0.15) is 24.6 Å². The number of hydrogen-bond acceptors (Lipinski definition) is 3. The molecule has 6 nitrogen and oxygen atoms in total. The number of halogens is 4. The van der Waals surface area contributed by atoms with Crippen molar-refractivity contribution in [3.05, 3.63) is 17.5 Å². The highest BCUT2D eigenvalue weighted by atomic mass is 127. The van der Waals surface area contributed by atoms with Crippen LogP contribution >= 0.6 is 24.0 Å². The molecule has 0 saturated heterocycles. The summed E-state index contributed by atoms with van der Waals surface area (Å²) >= 11 is 0. The maximum atomic E-state index is 12.9. The van der Waals surface area contributed by atoms with Crippen molar-refractivity contribution in [2.45, 2.75) is 26.1 Å². The first kappa shape index (κ1) is 22.0. The summed E-state index contributed by atoms with van der Waals surface area (Å²) in [5.74, 6) is 0.468. The average molecular weight is 449 g/mol. The lowest BCUT2D eigenvalue weighted by Crippen LogP contribution is -2.38. The van der Waals surface area contributed by atoms with Crippen LogP contribution in [0.5, 0.6) is 0 Å². The van der Waals surface area contributed by atoms with Crippen LogP contribution < -0.4 is 10.6 Å². The molecule has 10 heteroatoms. The lowest BCUT2D eigenvalue weighted by atomic mass is 10.2. The molecule has 23 heavy (non-hydrogen) atoms. The zero-order valence-corrected chi connectivity index (χ0v) is 15.7. The van der Waals surface area contributed by atoms with Gasteiger partial charge in [0.1, 0.15) is 0 Å². The zero-order chi connectivity index (χ0) is 16.6. The number of aliphatic imine (C=N–C) groups is 1. The number of hydrogen-bond donors (Lipinski definition) is 2. The minimum Gasteiger partial charge on any atom is -0.385 e. The second-order valence-corrected chi connectivity index (χ2v) is 4.64. The fourth-order valence-electron chi connectivity index (χ4n) is 1.82. The van der Waals surface area contributed by atoms with E-state index in [0.717, 1.165) is 11.1 Å². The SMILES string of the molecule is CCNC(=NCc1cn(C)nc1C(F)(F)F)NCCCOC.I. The number of nitrogens with zero attached hydrogens (tertiary/aromatic N) is 3. The fraction of sp³-hybridized carbons (Fsp3) is 0.692. The number of nitrogens with one attached hydrogen (secondary N) is 2. The molecule has 0 aliphatic rings. The molecule has 0 atom stereocenters. The molecule has 0 fully saturated rings. The third-order valence-corrected chi connectivity index (χ3v) is 2.74. The minimum absolute atomic E-state index is 0. The molecule has 134 valence electrons. The predicted molar refractivity (Wildman–Crippen MR) is 92.9 cm³/mol. The van der Waals surface area contributed by atoms with Gasteiger partial charge in [-0.2, -0.15) is 18.3 Å². The van der Waals surface area contributed by atoms with E-state index in [1.54, 1.807) is 7.11 Å². The molecule has 0 radical (unpaired) electrons. The highest BCUT2D eigenvalue weighted by Crippen LogP contribution is 2.30. The van der Waals surface area contributed by atoms with Crippen LogP contribution in [0.2, 0.25) is 0 Å². The van der Waals surface area contributed by atoms with E-state index in [-0.39, 0.29) is 36.1 Å². The number of alkyl halides is 3. The van der Waals surface area contributed by atoms with Crippen molar-refractivity contribution in [3.8, 4) is 0 Å². The maximum absolute atomic E-state index is 12.9. The average Bonchev–Trinajstić information content (AvgIpc) is 2.82. The number of aryl methyl sites for hydroxylation is 1. The van der Waals surface area contributed by atoms with E-state index in [1.807, 2.05) is 6.92 Å². The van der Waals surface area contributed by atoms with E-state index in [1.165, 1.54) is 13.2 Å². The van der Waals surface area contributed by atoms with Crippen LogP contribution in [0.3, 0.4) is 0 Å². The van der Waals surface area contributed by atoms with E-state index in [2.05, 4.69) is 20.7 Å². The maximum Gasteiger partial charge on any atom is 0.435 e. The summed E-state index contributed by atoms with van der Waals surface area (Å²) in [7, 11) is 3.07. The molecule has 0 spiro atoms. The zero-order valence-electron chi connectivity index (χ0n) is 13.4. The van der Waals surface area contributed by atoms with Gasteiger partial charge in [-0.05, 0) is 13.3 Å². The van der Waals surface area contributed by atoms with Gasteiger partial charge in [-0.3, -0.25) is 4.68 Å². The molecule has 1 aromatic heterocycles. The second-order valence-electron chi connectivity index (χ2n) is 4.64. The molecule has 0 saturated carbocycles. The van der Waals surface area contributed by atoms with Crippen LogP contribution in [0.15, 0.2) is 11.2 Å². The highest BCUT2D eigenvalue weighted by molar-refractivity contribution is 14.0. The Morgan fingerprint density at radius 1 is 1.39 bits per heavy atom. The van der Waals surface area contributed by atoms with E-state index in [0.29, 0.717) is 25.7 Å². The fourth-order valence-corrected chi connectivity index (χ4v) is 1.82. The summed E-state index contributed by atoms with van der Waals surface area (Å²) in [6.07, 6.45) is -2.36. The van der Waals surface area contributed by atoms with Crippen molar-refractivity contribution >= 4 is 29.9 Å². The van der Waals surface area contributed by atoms with Crippen molar-refractivity contribution in [1.29, 1.82) is 0 Å². The number of methoxy groups -OCH3 is 1. The Bertz CT molecular complexity index is 490. The number of ether oxygens (including phenoxy) is 1. The van der Waals surface area contributed by atoms with E-state index < -0.39 is 11.9 Å². The van der Waals surface area contributed by atoms with Gasteiger partial charge in [0.2, 0.25) is 0 Å². The molecule has 0 aliphatic heterocycles.